The van der Waals surface area contributed by atoms with E-state index in [4.69, 9.17) is 4.42 Å². The van der Waals surface area contributed by atoms with Gasteiger partial charge in [0.25, 0.3) is 0 Å². The van der Waals surface area contributed by atoms with Crippen LogP contribution in [0.3, 0.4) is 0 Å². The molecular formula is C52H35BN2OS2. The van der Waals surface area contributed by atoms with E-state index in [1.54, 1.807) is 0 Å². The zero-order valence-corrected chi connectivity index (χ0v) is 33.8. The molecule has 3 aliphatic rings. The van der Waals surface area contributed by atoms with Crippen LogP contribution in [0.15, 0.2) is 182 Å². The van der Waals surface area contributed by atoms with Crippen molar-refractivity contribution in [1.29, 1.82) is 0 Å². The van der Waals surface area contributed by atoms with Crippen molar-refractivity contribution in [3.8, 4) is 22.3 Å². The molecule has 0 unspecified atom stereocenters. The monoisotopic (exact) mass is 778 g/mol. The molecule has 13 rings (SSSR count). The van der Waals surface area contributed by atoms with Crippen LogP contribution in [-0.2, 0) is 5.41 Å². The van der Waals surface area contributed by atoms with E-state index in [0.717, 1.165) is 16.7 Å². The summed E-state index contributed by atoms with van der Waals surface area (Å²) < 4.78 is 9.55. The van der Waals surface area contributed by atoms with Crippen molar-refractivity contribution < 1.29 is 4.42 Å². The highest BCUT2D eigenvalue weighted by Crippen LogP contribution is 2.54. The zero-order chi connectivity index (χ0) is 38.4. The molecule has 5 heterocycles. The van der Waals surface area contributed by atoms with Crippen LogP contribution in [0.4, 0.5) is 17.1 Å². The van der Waals surface area contributed by atoms with E-state index in [-0.39, 0.29) is 12.3 Å². The Morgan fingerprint density at radius 3 is 2.07 bits per heavy atom. The predicted octanol–water partition coefficient (Wildman–Crippen LogP) is 13.7. The van der Waals surface area contributed by atoms with Crippen molar-refractivity contribution in [3.63, 3.8) is 0 Å². The first-order valence-electron chi connectivity index (χ1n) is 20.0. The minimum Gasteiger partial charge on any atom is -0.441 e. The molecule has 0 saturated carbocycles. The van der Waals surface area contributed by atoms with Crippen molar-refractivity contribution in [2.75, 3.05) is 4.90 Å². The summed E-state index contributed by atoms with van der Waals surface area (Å²) in [6.45, 7) is 6.81. The summed E-state index contributed by atoms with van der Waals surface area (Å²) >= 11 is 3.78. The summed E-state index contributed by atoms with van der Waals surface area (Å²) in [6.07, 6.45) is 0. The van der Waals surface area contributed by atoms with Gasteiger partial charge in [0.1, 0.15) is 5.58 Å². The van der Waals surface area contributed by atoms with Crippen LogP contribution in [-0.4, -0.2) is 11.3 Å². The molecule has 0 radical (unpaired) electrons. The molecule has 0 bridgehead atoms. The average molecular weight is 779 g/mol. The molecule has 0 atom stereocenters. The summed E-state index contributed by atoms with van der Waals surface area (Å²) in [4.78, 5) is 7.81. The van der Waals surface area contributed by atoms with Gasteiger partial charge in [-0.3, -0.25) is 0 Å². The number of nitrogens with zero attached hydrogens (tertiary/aromatic N) is 2. The number of hydrogen-bond acceptors (Lipinski definition) is 4. The number of para-hydroxylation sites is 2. The van der Waals surface area contributed by atoms with Crippen molar-refractivity contribution in [2.24, 2.45) is 0 Å². The summed E-state index contributed by atoms with van der Waals surface area (Å²) in [5.41, 5.74) is 15.6. The maximum absolute atomic E-state index is 6.99. The number of anilines is 3. The summed E-state index contributed by atoms with van der Waals surface area (Å²) in [5, 5.41) is 6.07. The first-order chi connectivity index (χ1) is 28.4. The Balaban J connectivity index is 1.21. The summed E-state index contributed by atoms with van der Waals surface area (Å²) in [7, 11) is 0. The third-order valence-electron chi connectivity index (χ3n) is 12.6. The second-order valence-electron chi connectivity index (χ2n) is 16.9. The van der Waals surface area contributed by atoms with Gasteiger partial charge < -0.3 is 13.8 Å². The third-order valence-corrected chi connectivity index (χ3v) is 15.1. The first kappa shape index (κ1) is 33.0. The van der Waals surface area contributed by atoms with Gasteiger partial charge in [0, 0.05) is 58.1 Å². The van der Waals surface area contributed by atoms with E-state index in [0.29, 0.717) is 0 Å². The minimum absolute atomic E-state index is 0.0205. The van der Waals surface area contributed by atoms with E-state index in [9.17, 15) is 0 Å². The van der Waals surface area contributed by atoms with Crippen LogP contribution in [0.2, 0.25) is 0 Å². The van der Waals surface area contributed by atoms with Gasteiger partial charge in [0.05, 0.1) is 16.8 Å². The van der Waals surface area contributed by atoms with Gasteiger partial charge in [-0.1, -0.05) is 153 Å². The number of hydrogen-bond donors (Lipinski definition) is 0. The normalized spacial score (nSPS) is 13.9. The molecule has 274 valence electrons. The lowest BCUT2D eigenvalue weighted by molar-refractivity contribution is 0.590. The number of fused-ring (bicyclic) bond motifs is 13. The molecule has 10 aromatic rings. The van der Waals surface area contributed by atoms with Crippen LogP contribution >= 0.6 is 23.5 Å². The number of benzene rings is 8. The van der Waals surface area contributed by atoms with Gasteiger partial charge in [-0.25, -0.2) is 0 Å². The van der Waals surface area contributed by atoms with E-state index in [1.165, 1.54) is 102 Å². The summed E-state index contributed by atoms with van der Waals surface area (Å²) in [6, 6.07) is 58.8. The van der Waals surface area contributed by atoms with Gasteiger partial charge in [0.15, 0.2) is 5.71 Å². The fraction of sp³-hybridized carbons (Fsp3) is 0.0769. The first-order valence-corrected chi connectivity index (χ1v) is 21.7. The Morgan fingerprint density at radius 1 is 0.552 bits per heavy atom. The van der Waals surface area contributed by atoms with Gasteiger partial charge in [-0.15, -0.1) is 0 Å². The topological polar surface area (TPSA) is 21.3 Å². The maximum Gasteiger partial charge on any atom is 0.336 e. The van der Waals surface area contributed by atoms with Crippen LogP contribution < -0.4 is 15.8 Å². The molecule has 0 aliphatic carbocycles. The molecule has 8 aromatic carbocycles. The maximum atomic E-state index is 6.99. The highest BCUT2D eigenvalue weighted by molar-refractivity contribution is 8.05. The number of aromatic nitrogens is 1. The summed E-state index contributed by atoms with van der Waals surface area (Å²) in [5.74, 6) is 0. The Hall–Kier alpha value is -6.08. The van der Waals surface area contributed by atoms with Gasteiger partial charge in [0.2, 0.25) is 0 Å². The van der Waals surface area contributed by atoms with Gasteiger partial charge >= 0.3 is 6.85 Å². The lowest BCUT2D eigenvalue weighted by Crippen LogP contribution is -2.56. The third kappa shape index (κ3) is 4.45. The Kier molecular flexibility index (Phi) is 6.68. The van der Waals surface area contributed by atoms with E-state index in [1.807, 2.05) is 23.5 Å². The second-order valence-corrected chi connectivity index (χ2v) is 19.0. The highest BCUT2D eigenvalue weighted by Gasteiger charge is 2.45. The quantitative estimate of drug-likeness (QED) is 0.163. The van der Waals surface area contributed by atoms with E-state index >= 15 is 0 Å². The molecule has 0 saturated heterocycles. The smallest absolute Gasteiger partial charge is 0.336 e. The van der Waals surface area contributed by atoms with E-state index < -0.39 is 0 Å². The molecule has 2 aromatic heterocycles. The fourth-order valence-electron chi connectivity index (χ4n) is 9.95. The van der Waals surface area contributed by atoms with Crippen molar-refractivity contribution in [3.05, 3.63) is 163 Å². The molecular weight excluding hydrogens is 744 g/mol. The van der Waals surface area contributed by atoms with Crippen LogP contribution in [0.1, 0.15) is 26.3 Å². The molecule has 6 heteroatoms. The standard InChI is InChI=1S/C52H35BN2OS2/c1-52(2,3)32-24-25-40(37(27-32)30-14-5-4-6-15-30)54-41-29-46-45(57-43-22-11-12-23-44(43)58-46)28-39(41)53-48-38(26-31-16-7-8-17-33(31)50(48)54)34-19-13-20-36-47-35-18-9-10-21-42(35)56-51(47)55(53)49(34)36/h4-29H,1-3H3. The lowest BCUT2D eigenvalue weighted by atomic mass is 9.45. The van der Waals surface area contributed by atoms with Crippen LogP contribution in [0, 0.1) is 0 Å². The highest BCUT2D eigenvalue weighted by atomic mass is 32.2. The number of rotatable bonds is 2. The largest absolute Gasteiger partial charge is 0.441 e. The number of furan rings is 1. The molecule has 3 aliphatic heterocycles. The van der Waals surface area contributed by atoms with Crippen molar-refractivity contribution in [2.45, 2.75) is 45.8 Å². The van der Waals surface area contributed by atoms with Crippen molar-refractivity contribution >= 4 is 102 Å². The predicted molar refractivity (Wildman–Crippen MR) is 246 cm³/mol. The van der Waals surface area contributed by atoms with Gasteiger partial charge in [-0.2, -0.15) is 0 Å². The minimum atomic E-state index is -0.126. The van der Waals surface area contributed by atoms with Crippen LogP contribution in [0.25, 0.3) is 66.0 Å². The Bertz CT molecular complexity index is 3410. The lowest BCUT2D eigenvalue weighted by Gasteiger charge is -2.42. The van der Waals surface area contributed by atoms with Crippen molar-refractivity contribution in [1.82, 2.24) is 4.48 Å². The molecule has 0 N–H and O–H groups in total. The SMILES string of the molecule is CC(C)(C)c1ccc(N2c3cc4c(cc3B3c5c(cc6ccccc6c52)-c2cccc5c6c7ccccc7oc6n3c25)Sc2ccccc2S4)c(-c2ccccc2)c1. The second kappa shape index (κ2) is 11.8. The molecule has 3 nitrogen and oxygen atoms in total. The average Bonchev–Trinajstić information content (AvgIpc) is 3.79. The Morgan fingerprint density at radius 2 is 1.26 bits per heavy atom. The van der Waals surface area contributed by atoms with Gasteiger partial charge in [-0.05, 0) is 86.9 Å². The molecule has 0 spiro atoms. The zero-order valence-electron chi connectivity index (χ0n) is 32.2. The molecule has 58 heavy (non-hydrogen) atoms. The Labute approximate surface area is 345 Å². The van der Waals surface area contributed by atoms with Crippen LogP contribution in [0.5, 0.6) is 0 Å². The molecule has 0 amide bonds. The fourth-order valence-corrected chi connectivity index (χ4v) is 12.2. The molecule has 0 fully saturated rings. The van der Waals surface area contributed by atoms with E-state index in [2.05, 4.69) is 188 Å².